The van der Waals surface area contributed by atoms with E-state index in [0.717, 1.165) is 10.5 Å². The summed E-state index contributed by atoms with van der Waals surface area (Å²) in [5, 5.41) is 24.1. The fourth-order valence-electron chi connectivity index (χ4n) is 2.35. The molecule has 6 heteroatoms. The lowest BCUT2D eigenvalue weighted by atomic mass is 10.1. The zero-order chi connectivity index (χ0) is 18.8. The Labute approximate surface area is 158 Å². The van der Waals surface area contributed by atoms with Gasteiger partial charge in [-0.1, -0.05) is 42.5 Å². The van der Waals surface area contributed by atoms with E-state index in [1.54, 1.807) is 0 Å². The highest BCUT2D eigenvalue weighted by Crippen LogP contribution is 2.28. The third-order valence-electron chi connectivity index (χ3n) is 3.73. The molecule has 2 aromatic rings. The molecule has 0 radical (unpaired) electrons. The maximum absolute atomic E-state index is 12.3. The van der Waals surface area contributed by atoms with Gasteiger partial charge < -0.3 is 15.7 Å². The summed E-state index contributed by atoms with van der Waals surface area (Å²) in [5.74, 6) is 0.593. The molecule has 0 saturated heterocycles. The van der Waals surface area contributed by atoms with Gasteiger partial charge in [-0.25, -0.2) is 4.79 Å². The van der Waals surface area contributed by atoms with Crippen LogP contribution >= 0.6 is 11.8 Å². The average Bonchev–Trinajstić information content (AvgIpc) is 2.67. The van der Waals surface area contributed by atoms with Crippen LogP contribution in [0.25, 0.3) is 0 Å². The quantitative estimate of drug-likeness (QED) is 0.620. The predicted molar refractivity (Wildman–Crippen MR) is 105 cm³/mol. The van der Waals surface area contributed by atoms with Gasteiger partial charge in [-0.15, -0.1) is 11.8 Å². The molecular formula is C20H23N3O2S. The van der Waals surface area contributed by atoms with Crippen molar-refractivity contribution in [3.05, 3.63) is 60.2 Å². The summed E-state index contributed by atoms with van der Waals surface area (Å²) >= 11 is 1.53. The Bertz CT molecular complexity index is 746. The molecule has 5 nitrogen and oxygen atoms in total. The van der Waals surface area contributed by atoms with Crippen molar-refractivity contribution in [1.29, 1.82) is 5.26 Å². The van der Waals surface area contributed by atoms with Crippen molar-refractivity contribution in [2.45, 2.75) is 24.3 Å². The standard InChI is InChI=1S/C20H23N3O2S/c1-15(12-21)14-26-19-10-6-5-9-18(19)23-20(25)22-17(13-24)11-16-7-3-2-4-8-16/h2-10,15,17,24H,11,13-14H2,1H3,(H2,22,23,25). The average molecular weight is 369 g/mol. The van der Waals surface area contributed by atoms with E-state index in [0.29, 0.717) is 17.9 Å². The number of nitriles is 1. The lowest BCUT2D eigenvalue weighted by Crippen LogP contribution is -2.41. The Balaban J connectivity index is 1.95. The third-order valence-corrected chi connectivity index (χ3v) is 5.06. The van der Waals surface area contributed by atoms with Gasteiger partial charge in [0, 0.05) is 10.6 Å². The van der Waals surface area contributed by atoms with Crippen molar-refractivity contribution in [3.8, 4) is 6.07 Å². The number of anilines is 1. The Morgan fingerprint density at radius 2 is 1.88 bits per heavy atom. The SMILES string of the molecule is CC(C#N)CSc1ccccc1NC(=O)NC(CO)Cc1ccccc1. The highest BCUT2D eigenvalue weighted by Gasteiger charge is 2.14. The zero-order valence-electron chi connectivity index (χ0n) is 14.7. The molecule has 2 amide bonds. The zero-order valence-corrected chi connectivity index (χ0v) is 15.5. The number of nitrogens with one attached hydrogen (secondary N) is 2. The van der Waals surface area contributed by atoms with Gasteiger partial charge in [-0.05, 0) is 31.0 Å². The minimum Gasteiger partial charge on any atom is -0.394 e. The van der Waals surface area contributed by atoms with Gasteiger partial charge >= 0.3 is 6.03 Å². The molecule has 2 aromatic carbocycles. The molecule has 0 spiro atoms. The molecule has 2 unspecified atom stereocenters. The van der Waals surface area contributed by atoms with Crippen LogP contribution in [0.5, 0.6) is 0 Å². The van der Waals surface area contributed by atoms with Crippen LogP contribution in [-0.4, -0.2) is 29.5 Å². The fraction of sp³-hybridized carbons (Fsp3) is 0.300. The number of benzene rings is 2. The molecule has 0 aliphatic heterocycles. The molecule has 136 valence electrons. The number of amides is 2. The van der Waals surface area contributed by atoms with E-state index < -0.39 is 0 Å². The molecule has 0 aromatic heterocycles. The van der Waals surface area contributed by atoms with Crippen LogP contribution in [-0.2, 0) is 6.42 Å². The van der Waals surface area contributed by atoms with E-state index in [9.17, 15) is 9.90 Å². The molecule has 26 heavy (non-hydrogen) atoms. The van der Waals surface area contributed by atoms with E-state index in [1.165, 1.54) is 11.8 Å². The molecule has 0 saturated carbocycles. The van der Waals surface area contributed by atoms with E-state index in [4.69, 9.17) is 5.26 Å². The van der Waals surface area contributed by atoms with Gasteiger partial charge in [0.1, 0.15) is 0 Å². The number of nitrogens with zero attached hydrogens (tertiary/aromatic N) is 1. The predicted octanol–water partition coefficient (Wildman–Crippen LogP) is 3.66. The number of aliphatic hydroxyl groups excluding tert-OH is 1. The molecule has 0 fully saturated rings. The van der Waals surface area contributed by atoms with E-state index in [-0.39, 0.29) is 24.6 Å². The normalized spacial score (nSPS) is 12.7. The number of thioether (sulfide) groups is 1. The monoisotopic (exact) mass is 369 g/mol. The number of rotatable bonds is 8. The smallest absolute Gasteiger partial charge is 0.319 e. The molecule has 0 bridgehead atoms. The Kier molecular flexibility index (Phi) is 8.00. The van der Waals surface area contributed by atoms with Gasteiger partial charge in [-0.2, -0.15) is 5.26 Å². The van der Waals surface area contributed by atoms with Crippen molar-refractivity contribution in [3.63, 3.8) is 0 Å². The molecule has 0 heterocycles. The summed E-state index contributed by atoms with van der Waals surface area (Å²) in [4.78, 5) is 13.2. The first-order valence-corrected chi connectivity index (χ1v) is 9.44. The summed E-state index contributed by atoms with van der Waals surface area (Å²) < 4.78 is 0. The number of carbonyl (C=O) groups is 1. The van der Waals surface area contributed by atoms with Crippen LogP contribution in [0.1, 0.15) is 12.5 Å². The van der Waals surface area contributed by atoms with E-state index >= 15 is 0 Å². The van der Waals surface area contributed by atoms with Gasteiger partial charge in [0.15, 0.2) is 0 Å². The second kappa shape index (κ2) is 10.5. The summed E-state index contributed by atoms with van der Waals surface area (Å²) in [5.41, 5.74) is 1.74. The Morgan fingerprint density at radius 3 is 2.58 bits per heavy atom. The van der Waals surface area contributed by atoms with Crippen molar-refractivity contribution in [2.24, 2.45) is 5.92 Å². The van der Waals surface area contributed by atoms with Gasteiger partial charge in [0.25, 0.3) is 0 Å². The molecule has 3 N–H and O–H groups in total. The molecule has 2 rings (SSSR count). The van der Waals surface area contributed by atoms with E-state index in [2.05, 4.69) is 16.7 Å². The second-order valence-corrected chi connectivity index (χ2v) is 7.07. The molecule has 2 atom stereocenters. The van der Waals surface area contributed by atoms with Crippen molar-refractivity contribution in [1.82, 2.24) is 5.32 Å². The lowest BCUT2D eigenvalue weighted by molar-refractivity contribution is 0.224. The van der Waals surface area contributed by atoms with Crippen molar-refractivity contribution < 1.29 is 9.90 Å². The Morgan fingerprint density at radius 1 is 1.19 bits per heavy atom. The summed E-state index contributed by atoms with van der Waals surface area (Å²) in [6.45, 7) is 1.73. The van der Waals surface area contributed by atoms with Crippen LogP contribution in [0, 0.1) is 17.2 Å². The number of hydrogen-bond acceptors (Lipinski definition) is 4. The van der Waals surface area contributed by atoms with Crippen molar-refractivity contribution in [2.75, 3.05) is 17.7 Å². The maximum atomic E-state index is 12.3. The molecular weight excluding hydrogens is 346 g/mol. The first kappa shape index (κ1) is 19.8. The maximum Gasteiger partial charge on any atom is 0.319 e. The number of hydrogen-bond donors (Lipinski definition) is 3. The van der Waals surface area contributed by atoms with Crippen LogP contribution in [0.15, 0.2) is 59.5 Å². The van der Waals surface area contributed by atoms with Crippen LogP contribution in [0.4, 0.5) is 10.5 Å². The van der Waals surface area contributed by atoms with Crippen LogP contribution < -0.4 is 10.6 Å². The van der Waals surface area contributed by atoms with E-state index in [1.807, 2.05) is 61.5 Å². The summed E-state index contributed by atoms with van der Waals surface area (Å²) in [6.07, 6.45) is 0.556. The topological polar surface area (TPSA) is 85.2 Å². The highest BCUT2D eigenvalue weighted by molar-refractivity contribution is 7.99. The summed E-state index contributed by atoms with van der Waals surface area (Å²) in [7, 11) is 0. The lowest BCUT2D eigenvalue weighted by Gasteiger charge is -2.18. The highest BCUT2D eigenvalue weighted by atomic mass is 32.2. The number of aliphatic hydroxyl groups is 1. The Hall–Kier alpha value is -2.49. The number of para-hydroxylation sites is 1. The molecule has 0 aliphatic rings. The first-order valence-electron chi connectivity index (χ1n) is 8.46. The molecule has 0 aliphatic carbocycles. The van der Waals surface area contributed by atoms with Gasteiger partial charge in [0.2, 0.25) is 0 Å². The number of urea groups is 1. The third kappa shape index (κ3) is 6.43. The second-order valence-electron chi connectivity index (χ2n) is 6.00. The number of carbonyl (C=O) groups excluding carboxylic acids is 1. The van der Waals surface area contributed by atoms with Gasteiger partial charge in [-0.3, -0.25) is 0 Å². The van der Waals surface area contributed by atoms with Gasteiger partial charge in [0.05, 0.1) is 30.3 Å². The summed E-state index contributed by atoms with van der Waals surface area (Å²) in [6, 6.07) is 18.7. The largest absolute Gasteiger partial charge is 0.394 e. The fourth-order valence-corrected chi connectivity index (χ4v) is 3.30. The minimum absolute atomic E-state index is 0.0634. The first-order chi connectivity index (χ1) is 12.6. The minimum atomic E-state index is -0.365. The van der Waals surface area contributed by atoms with Crippen LogP contribution in [0.2, 0.25) is 0 Å². The van der Waals surface area contributed by atoms with Crippen molar-refractivity contribution >= 4 is 23.5 Å². The van der Waals surface area contributed by atoms with Crippen LogP contribution in [0.3, 0.4) is 0 Å².